The van der Waals surface area contributed by atoms with E-state index in [0.29, 0.717) is 18.8 Å². The summed E-state index contributed by atoms with van der Waals surface area (Å²) in [5.41, 5.74) is 0. The quantitative estimate of drug-likeness (QED) is 0.862. The number of nitrogens with one attached hydrogen (secondary N) is 1. The Morgan fingerprint density at radius 1 is 1.33 bits per heavy atom. The normalized spacial score (nSPS) is 19.6. The number of ether oxygens (including phenoxy) is 2. The number of carbonyl (C=O) groups is 1. The van der Waals surface area contributed by atoms with Gasteiger partial charge in [0.05, 0.1) is 13.7 Å². The Hall–Kier alpha value is -1.55. The smallest absolute Gasteiger partial charge is 0.161 e. The minimum absolute atomic E-state index is 0.0912. The molecule has 0 spiro atoms. The van der Waals surface area contributed by atoms with Gasteiger partial charge in [0.2, 0.25) is 0 Å². The van der Waals surface area contributed by atoms with E-state index in [9.17, 15) is 4.79 Å². The van der Waals surface area contributed by atoms with Crippen molar-refractivity contribution in [1.29, 1.82) is 0 Å². The van der Waals surface area contributed by atoms with Gasteiger partial charge < -0.3 is 14.8 Å². The molecule has 1 fully saturated rings. The molecule has 1 N–H and O–H groups in total. The summed E-state index contributed by atoms with van der Waals surface area (Å²) in [6.45, 7) is 2.12. The molecule has 0 aromatic heterocycles. The standard InChI is InChI=1S/C14H19NO3/c1-17-13-4-2-3-5-14(13)18-9-7-11-10-15-8-6-12(11)16/h2-5,11,15H,6-10H2,1H3. The van der Waals surface area contributed by atoms with E-state index in [4.69, 9.17) is 9.47 Å². The SMILES string of the molecule is COc1ccccc1OCCC1CNCCC1=O. The third kappa shape index (κ3) is 3.23. The summed E-state index contributed by atoms with van der Waals surface area (Å²) in [4.78, 5) is 11.6. The first-order chi connectivity index (χ1) is 8.81. The van der Waals surface area contributed by atoms with E-state index in [0.717, 1.165) is 31.0 Å². The Bertz CT molecular complexity index is 406. The van der Waals surface area contributed by atoms with Crippen LogP contribution in [0.5, 0.6) is 11.5 Å². The van der Waals surface area contributed by atoms with Crippen molar-refractivity contribution < 1.29 is 14.3 Å². The number of ketones is 1. The fraction of sp³-hybridized carbons (Fsp3) is 0.500. The molecule has 1 aromatic rings. The maximum atomic E-state index is 11.6. The Morgan fingerprint density at radius 2 is 2.11 bits per heavy atom. The van der Waals surface area contributed by atoms with Crippen molar-refractivity contribution in [3.8, 4) is 11.5 Å². The van der Waals surface area contributed by atoms with Gasteiger partial charge in [0.25, 0.3) is 0 Å². The van der Waals surface area contributed by atoms with Crippen LogP contribution in [-0.4, -0.2) is 32.6 Å². The van der Waals surface area contributed by atoms with Gasteiger partial charge in [0.15, 0.2) is 11.5 Å². The number of piperidine rings is 1. The average molecular weight is 249 g/mol. The molecule has 1 aliphatic rings. The van der Waals surface area contributed by atoms with Crippen molar-refractivity contribution in [2.45, 2.75) is 12.8 Å². The summed E-state index contributed by atoms with van der Waals surface area (Å²) < 4.78 is 10.9. The summed E-state index contributed by atoms with van der Waals surface area (Å²) in [7, 11) is 1.62. The average Bonchev–Trinajstić information content (AvgIpc) is 2.41. The summed E-state index contributed by atoms with van der Waals surface area (Å²) >= 11 is 0. The van der Waals surface area contributed by atoms with Crippen LogP contribution in [0.25, 0.3) is 0 Å². The number of carbonyl (C=O) groups excluding carboxylic acids is 1. The number of benzene rings is 1. The van der Waals surface area contributed by atoms with Gasteiger partial charge in [-0.2, -0.15) is 0 Å². The van der Waals surface area contributed by atoms with E-state index >= 15 is 0 Å². The Morgan fingerprint density at radius 3 is 2.83 bits per heavy atom. The highest BCUT2D eigenvalue weighted by atomic mass is 16.5. The van der Waals surface area contributed by atoms with Crippen LogP contribution in [0.2, 0.25) is 0 Å². The van der Waals surface area contributed by atoms with Crippen LogP contribution in [0.3, 0.4) is 0 Å². The highest BCUT2D eigenvalue weighted by Crippen LogP contribution is 2.26. The molecule has 1 saturated heterocycles. The molecular weight excluding hydrogens is 230 g/mol. The number of hydrogen-bond donors (Lipinski definition) is 1. The molecule has 1 atom stereocenters. The number of methoxy groups -OCH3 is 1. The Kier molecular flexibility index (Phi) is 4.59. The summed E-state index contributed by atoms with van der Waals surface area (Å²) in [5, 5.41) is 3.24. The molecule has 2 rings (SSSR count). The summed E-state index contributed by atoms with van der Waals surface area (Å²) in [5.74, 6) is 1.90. The predicted molar refractivity (Wildman–Crippen MR) is 69.1 cm³/mol. The second-order valence-electron chi connectivity index (χ2n) is 4.41. The molecule has 4 heteroatoms. The van der Waals surface area contributed by atoms with Crippen molar-refractivity contribution >= 4 is 5.78 Å². The van der Waals surface area contributed by atoms with Gasteiger partial charge in [-0.15, -0.1) is 0 Å². The molecule has 0 amide bonds. The van der Waals surface area contributed by atoms with Crippen LogP contribution in [0, 0.1) is 5.92 Å². The predicted octanol–water partition coefficient (Wildman–Crippen LogP) is 1.64. The second-order valence-corrected chi connectivity index (χ2v) is 4.41. The molecule has 1 aliphatic heterocycles. The number of rotatable bonds is 5. The zero-order chi connectivity index (χ0) is 12.8. The van der Waals surface area contributed by atoms with Crippen molar-refractivity contribution in [3.05, 3.63) is 24.3 Å². The number of Topliss-reactive ketones (excluding diaryl/α,β-unsaturated/α-hetero) is 1. The van der Waals surface area contributed by atoms with E-state index in [1.807, 2.05) is 24.3 Å². The molecule has 1 heterocycles. The van der Waals surface area contributed by atoms with E-state index in [-0.39, 0.29) is 5.92 Å². The van der Waals surface area contributed by atoms with Crippen molar-refractivity contribution in [2.75, 3.05) is 26.8 Å². The Balaban J connectivity index is 1.82. The third-order valence-electron chi connectivity index (χ3n) is 3.19. The molecule has 4 nitrogen and oxygen atoms in total. The first-order valence-corrected chi connectivity index (χ1v) is 6.30. The lowest BCUT2D eigenvalue weighted by Gasteiger charge is -2.21. The molecule has 0 radical (unpaired) electrons. The molecule has 18 heavy (non-hydrogen) atoms. The largest absolute Gasteiger partial charge is 0.493 e. The lowest BCUT2D eigenvalue weighted by Crippen LogP contribution is -2.37. The molecule has 98 valence electrons. The fourth-order valence-electron chi connectivity index (χ4n) is 2.12. The second kappa shape index (κ2) is 6.40. The van der Waals surface area contributed by atoms with Crippen molar-refractivity contribution in [2.24, 2.45) is 5.92 Å². The van der Waals surface area contributed by atoms with E-state index < -0.39 is 0 Å². The minimum Gasteiger partial charge on any atom is -0.493 e. The van der Waals surface area contributed by atoms with Gasteiger partial charge in [-0.25, -0.2) is 0 Å². The van der Waals surface area contributed by atoms with E-state index in [1.165, 1.54) is 0 Å². The topological polar surface area (TPSA) is 47.6 Å². The van der Waals surface area contributed by atoms with Crippen molar-refractivity contribution in [3.63, 3.8) is 0 Å². The summed E-state index contributed by atoms with van der Waals surface area (Å²) in [6, 6.07) is 7.55. The third-order valence-corrected chi connectivity index (χ3v) is 3.19. The van der Waals surface area contributed by atoms with Crippen LogP contribution in [-0.2, 0) is 4.79 Å². The van der Waals surface area contributed by atoms with Gasteiger partial charge in [0.1, 0.15) is 5.78 Å². The van der Waals surface area contributed by atoms with Gasteiger partial charge in [-0.1, -0.05) is 12.1 Å². The van der Waals surface area contributed by atoms with Crippen LogP contribution in [0.15, 0.2) is 24.3 Å². The van der Waals surface area contributed by atoms with Gasteiger partial charge in [-0.3, -0.25) is 4.79 Å². The maximum absolute atomic E-state index is 11.6. The molecular formula is C14H19NO3. The van der Waals surface area contributed by atoms with Gasteiger partial charge >= 0.3 is 0 Å². The van der Waals surface area contributed by atoms with Gasteiger partial charge in [-0.05, 0) is 18.6 Å². The lowest BCUT2D eigenvalue weighted by molar-refractivity contribution is -0.124. The van der Waals surface area contributed by atoms with Crippen LogP contribution in [0.1, 0.15) is 12.8 Å². The van der Waals surface area contributed by atoms with E-state index in [2.05, 4.69) is 5.32 Å². The fourth-order valence-corrected chi connectivity index (χ4v) is 2.12. The molecule has 0 saturated carbocycles. The zero-order valence-corrected chi connectivity index (χ0v) is 10.6. The van der Waals surface area contributed by atoms with Crippen LogP contribution in [0.4, 0.5) is 0 Å². The maximum Gasteiger partial charge on any atom is 0.161 e. The van der Waals surface area contributed by atoms with Gasteiger partial charge in [0, 0.05) is 25.4 Å². The van der Waals surface area contributed by atoms with E-state index in [1.54, 1.807) is 7.11 Å². The molecule has 1 aromatic carbocycles. The summed E-state index contributed by atoms with van der Waals surface area (Å²) in [6.07, 6.45) is 1.39. The first kappa shape index (κ1) is 12.9. The molecule has 1 unspecified atom stereocenters. The first-order valence-electron chi connectivity index (χ1n) is 6.30. The Labute approximate surface area is 107 Å². The van der Waals surface area contributed by atoms with Crippen molar-refractivity contribution in [1.82, 2.24) is 5.32 Å². The highest BCUT2D eigenvalue weighted by molar-refractivity contribution is 5.82. The van der Waals surface area contributed by atoms with Crippen LogP contribution < -0.4 is 14.8 Å². The van der Waals surface area contributed by atoms with Crippen LogP contribution >= 0.6 is 0 Å². The minimum atomic E-state index is 0.0912. The lowest BCUT2D eigenvalue weighted by atomic mass is 9.95. The monoisotopic (exact) mass is 249 g/mol. The highest BCUT2D eigenvalue weighted by Gasteiger charge is 2.21. The molecule has 0 bridgehead atoms. The number of para-hydroxylation sites is 2. The molecule has 0 aliphatic carbocycles. The number of hydrogen-bond acceptors (Lipinski definition) is 4. The zero-order valence-electron chi connectivity index (χ0n) is 10.6.